The average molecular weight is 272 g/mol. The number of aliphatic carboxylic acids is 1. The fourth-order valence-corrected chi connectivity index (χ4v) is 2.83. The SMILES string of the molecule is CC1OCCC1N(C)C(=O)N1C[C@H](O)C[C@H]1C(=O)O. The number of carboxylic acid groups (broad SMARTS) is 1. The summed E-state index contributed by atoms with van der Waals surface area (Å²) in [5, 5.41) is 18.7. The minimum absolute atomic E-state index is 0.0420. The summed E-state index contributed by atoms with van der Waals surface area (Å²) in [7, 11) is 1.65. The van der Waals surface area contributed by atoms with Crippen LogP contribution in [0.5, 0.6) is 0 Å². The molecule has 2 heterocycles. The Morgan fingerprint density at radius 1 is 1.42 bits per heavy atom. The Hall–Kier alpha value is -1.34. The number of carbonyl (C=O) groups excluding carboxylic acids is 1. The molecule has 108 valence electrons. The molecule has 2 N–H and O–H groups in total. The van der Waals surface area contributed by atoms with E-state index in [2.05, 4.69) is 0 Å². The number of carbonyl (C=O) groups is 2. The number of nitrogens with zero attached hydrogens (tertiary/aromatic N) is 2. The second kappa shape index (κ2) is 5.34. The second-order valence-corrected chi connectivity index (χ2v) is 5.22. The fraction of sp³-hybridized carbons (Fsp3) is 0.833. The van der Waals surface area contributed by atoms with Crippen molar-refractivity contribution >= 4 is 12.0 Å². The number of carboxylic acids is 1. The molecule has 2 aliphatic rings. The molecule has 2 unspecified atom stereocenters. The monoisotopic (exact) mass is 272 g/mol. The first kappa shape index (κ1) is 14.1. The Morgan fingerprint density at radius 2 is 2.11 bits per heavy atom. The number of likely N-dealkylation sites (tertiary alicyclic amines) is 1. The number of hydrogen-bond donors (Lipinski definition) is 2. The third-order valence-electron chi connectivity index (χ3n) is 3.95. The van der Waals surface area contributed by atoms with Gasteiger partial charge in [0.2, 0.25) is 0 Å². The zero-order valence-corrected chi connectivity index (χ0v) is 11.2. The number of amides is 2. The van der Waals surface area contributed by atoms with Crippen molar-refractivity contribution in [2.24, 2.45) is 0 Å². The predicted octanol–water partition coefficient (Wildman–Crippen LogP) is -0.265. The first-order valence-corrected chi connectivity index (χ1v) is 6.47. The van der Waals surface area contributed by atoms with E-state index in [1.54, 1.807) is 7.05 Å². The Morgan fingerprint density at radius 3 is 2.63 bits per heavy atom. The molecular formula is C12H20N2O5. The van der Waals surface area contributed by atoms with Gasteiger partial charge in [-0.15, -0.1) is 0 Å². The summed E-state index contributed by atoms with van der Waals surface area (Å²) in [6, 6.07) is -1.34. The van der Waals surface area contributed by atoms with Crippen LogP contribution in [0.3, 0.4) is 0 Å². The zero-order chi connectivity index (χ0) is 14.2. The molecule has 0 aromatic heterocycles. The number of likely N-dealkylation sites (N-methyl/N-ethyl adjacent to an activating group) is 1. The molecule has 7 heteroatoms. The highest BCUT2D eigenvalue weighted by Gasteiger charge is 2.42. The van der Waals surface area contributed by atoms with Gasteiger partial charge in [-0.2, -0.15) is 0 Å². The van der Waals surface area contributed by atoms with E-state index in [0.29, 0.717) is 6.61 Å². The van der Waals surface area contributed by atoms with Crippen molar-refractivity contribution < 1.29 is 24.5 Å². The lowest BCUT2D eigenvalue weighted by molar-refractivity contribution is -0.141. The Labute approximate surface area is 111 Å². The quantitative estimate of drug-likeness (QED) is 0.722. The summed E-state index contributed by atoms with van der Waals surface area (Å²) in [4.78, 5) is 26.2. The van der Waals surface area contributed by atoms with Crippen LogP contribution in [0.4, 0.5) is 4.79 Å². The molecule has 2 aliphatic heterocycles. The van der Waals surface area contributed by atoms with Crippen molar-refractivity contribution in [1.82, 2.24) is 9.80 Å². The van der Waals surface area contributed by atoms with Crippen LogP contribution in [0, 0.1) is 0 Å². The largest absolute Gasteiger partial charge is 0.480 e. The highest BCUT2D eigenvalue weighted by molar-refractivity contribution is 5.83. The molecule has 0 aliphatic carbocycles. The maximum Gasteiger partial charge on any atom is 0.326 e. The minimum Gasteiger partial charge on any atom is -0.480 e. The molecule has 0 aromatic carbocycles. The predicted molar refractivity (Wildman–Crippen MR) is 65.7 cm³/mol. The zero-order valence-electron chi connectivity index (χ0n) is 11.2. The van der Waals surface area contributed by atoms with E-state index >= 15 is 0 Å². The molecule has 7 nitrogen and oxygen atoms in total. The molecule has 2 amide bonds. The van der Waals surface area contributed by atoms with Gasteiger partial charge in [-0.25, -0.2) is 9.59 Å². The van der Waals surface area contributed by atoms with Crippen molar-refractivity contribution in [3.05, 3.63) is 0 Å². The van der Waals surface area contributed by atoms with Crippen LogP contribution >= 0.6 is 0 Å². The second-order valence-electron chi connectivity index (χ2n) is 5.22. The van der Waals surface area contributed by atoms with E-state index < -0.39 is 18.1 Å². The number of rotatable bonds is 2. The molecule has 4 atom stereocenters. The third-order valence-corrected chi connectivity index (χ3v) is 3.95. The molecular weight excluding hydrogens is 252 g/mol. The van der Waals surface area contributed by atoms with Crippen LogP contribution in [0.25, 0.3) is 0 Å². The van der Waals surface area contributed by atoms with E-state index in [9.17, 15) is 14.7 Å². The van der Waals surface area contributed by atoms with Crippen LogP contribution < -0.4 is 0 Å². The molecule has 0 spiro atoms. The average Bonchev–Trinajstić information content (AvgIpc) is 2.93. The molecule has 0 saturated carbocycles. The van der Waals surface area contributed by atoms with Crippen LogP contribution in [0.15, 0.2) is 0 Å². The summed E-state index contributed by atoms with van der Waals surface area (Å²) in [5.41, 5.74) is 0. The molecule has 0 aromatic rings. The van der Waals surface area contributed by atoms with Gasteiger partial charge in [-0.05, 0) is 13.3 Å². The van der Waals surface area contributed by atoms with E-state index in [1.165, 1.54) is 9.80 Å². The van der Waals surface area contributed by atoms with Gasteiger partial charge in [-0.3, -0.25) is 0 Å². The fourth-order valence-electron chi connectivity index (χ4n) is 2.83. The highest BCUT2D eigenvalue weighted by atomic mass is 16.5. The lowest BCUT2D eigenvalue weighted by Gasteiger charge is -2.32. The maximum atomic E-state index is 12.4. The van der Waals surface area contributed by atoms with E-state index in [0.717, 1.165) is 6.42 Å². The molecule has 2 rings (SSSR count). The van der Waals surface area contributed by atoms with Crippen molar-refractivity contribution in [2.45, 2.75) is 44.1 Å². The van der Waals surface area contributed by atoms with Gasteiger partial charge in [0.15, 0.2) is 0 Å². The number of hydrogen-bond acceptors (Lipinski definition) is 4. The van der Waals surface area contributed by atoms with Gasteiger partial charge in [0.25, 0.3) is 0 Å². The Bertz CT molecular complexity index is 375. The normalized spacial score (nSPS) is 34.6. The summed E-state index contributed by atoms with van der Waals surface area (Å²) in [5.74, 6) is -1.07. The smallest absolute Gasteiger partial charge is 0.326 e. The van der Waals surface area contributed by atoms with Gasteiger partial charge in [0.1, 0.15) is 6.04 Å². The number of ether oxygens (including phenoxy) is 1. The van der Waals surface area contributed by atoms with Crippen LogP contribution in [0.2, 0.25) is 0 Å². The van der Waals surface area contributed by atoms with Gasteiger partial charge in [0, 0.05) is 26.6 Å². The maximum absolute atomic E-state index is 12.4. The number of β-amino-alcohol motifs (C(OH)–C–C–N with tert-alkyl or cyclic N) is 1. The van der Waals surface area contributed by atoms with E-state index in [-0.39, 0.29) is 31.1 Å². The van der Waals surface area contributed by atoms with Gasteiger partial charge >= 0.3 is 12.0 Å². The summed E-state index contributed by atoms with van der Waals surface area (Å²) in [6.07, 6.45) is 0.0175. The number of aliphatic hydroxyl groups is 1. The molecule has 0 radical (unpaired) electrons. The van der Waals surface area contributed by atoms with Crippen LogP contribution in [0.1, 0.15) is 19.8 Å². The third kappa shape index (κ3) is 2.66. The first-order chi connectivity index (χ1) is 8.91. The molecule has 2 saturated heterocycles. The molecule has 19 heavy (non-hydrogen) atoms. The standard InChI is InChI=1S/C12H20N2O5/c1-7-9(3-4-19-7)13(2)12(18)14-6-8(15)5-10(14)11(16)17/h7-10,15H,3-6H2,1-2H3,(H,16,17)/t7?,8-,9?,10+/m1/s1. The van der Waals surface area contributed by atoms with Crippen molar-refractivity contribution in [1.29, 1.82) is 0 Å². The van der Waals surface area contributed by atoms with Crippen molar-refractivity contribution in [3.8, 4) is 0 Å². The number of aliphatic hydroxyl groups excluding tert-OH is 1. The van der Waals surface area contributed by atoms with Crippen LogP contribution in [-0.4, -0.2) is 76.5 Å². The Balaban J connectivity index is 2.07. The summed E-state index contributed by atoms with van der Waals surface area (Å²) in [6.45, 7) is 2.57. The highest BCUT2D eigenvalue weighted by Crippen LogP contribution is 2.24. The number of urea groups is 1. The molecule has 2 fully saturated rings. The lowest BCUT2D eigenvalue weighted by Crippen LogP contribution is -2.51. The van der Waals surface area contributed by atoms with Gasteiger partial charge in [0.05, 0.1) is 18.2 Å². The minimum atomic E-state index is -1.07. The Kier molecular flexibility index (Phi) is 3.96. The summed E-state index contributed by atoms with van der Waals surface area (Å²) >= 11 is 0. The van der Waals surface area contributed by atoms with Gasteiger partial charge < -0.3 is 24.7 Å². The van der Waals surface area contributed by atoms with Crippen molar-refractivity contribution in [2.75, 3.05) is 20.2 Å². The first-order valence-electron chi connectivity index (χ1n) is 6.47. The lowest BCUT2D eigenvalue weighted by atomic mass is 10.1. The van der Waals surface area contributed by atoms with E-state index in [1.807, 2.05) is 6.92 Å². The van der Waals surface area contributed by atoms with E-state index in [4.69, 9.17) is 9.84 Å². The van der Waals surface area contributed by atoms with Crippen LogP contribution in [-0.2, 0) is 9.53 Å². The molecule has 0 bridgehead atoms. The van der Waals surface area contributed by atoms with Crippen molar-refractivity contribution in [3.63, 3.8) is 0 Å². The topological polar surface area (TPSA) is 90.3 Å². The summed E-state index contributed by atoms with van der Waals surface area (Å²) < 4.78 is 5.42. The van der Waals surface area contributed by atoms with Gasteiger partial charge in [-0.1, -0.05) is 0 Å².